The van der Waals surface area contributed by atoms with E-state index in [0.29, 0.717) is 13.1 Å². The summed E-state index contributed by atoms with van der Waals surface area (Å²) < 4.78 is 0. The maximum absolute atomic E-state index is 12.7. The third-order valence-corrected chi connectivity index (χ3v) is 6.21. The van der Waals surface area contributed by atoms with Crippen LogP contribution < -0.4 is 5.32 Å². The fourth-order valence-electron chi connectivity index (χ4n) is 2.84. The molecule has 1 N–H and O–H groups in total. The lowest BCUT2D eigenvalue weighted by atomic mass is 10.1. The number of nitrogens with one attached hydrogen (secondary N) is 1. The Morgan fingerprint density at radius 1 is 1.30 bits per heavy atom. The Bertz CT molecular complexity index is 842. The molecule has 3 aromatic rings. The van der Waals surface area contributed by atoms with Gasteiger partial charge in [-0.25, -0.2) is 4.98 Å². The van der Waals surface area contributed by atoms with Gasteiger partial charge in [0.1, 0.15) is 5.01 Å². The van der Waals surface area contributed by atoms with E-state index in [9.17, 15) is 4.79 Å². The minimum atomic E-state index is -0.101. The third kappa shape index (κ3) is 5.69. The fraction of sp³-hybridized carbons (Fsp3) is 0.350. The molecule has 5 nitrogen and oxygen atoms in total. The standard InChI is InChI=1S/C20H24N4OS2/c1-14-15(2)27-20(22-14)18(9-16-6-8-26-13-16)23-19(25)12-24(3)11-17-5-4-7-21-10-17/h4-8,10,13,18H,9,11-12H2,1-3H3,(H,23,25)/t18-/m1/s1. The molecule has 1 amide bonds. The molecule has 0 fully saturated rings. The number of thiazole rings is 1. The van der Waals surface area contributed by atoms with Crippen LogP contribution in [0.1, 0.15) is 32.7 Å². The molecular weight excluding hydrogens is 376 g/mol. The predicted octanol–water partition coefficient (Wildman–Crippen LogP) is 3.75. The first-order valence-electron chi connectivity index (χ1n) is 8.83. The number of aryl methyl sites for hydroxylation is 2. The van der Waals surface area contributed by atoms with Gasteiger partial charge in [0.25, 0.3) is 0 Å². The second kappa shape index (κ2) is 9.21. The zero-order valence-corrected chi connectivity index (χ0v) is 17.4. The van der Waals surface area contributed by atoms with Crippen molar-refractivity contribution in [3.05, 3.63) is 68.1 Å². The van der Waals surface area contributed by atoms with Crippen molar-refractivity contribution in [2.24, 2.45) is 0 Å². The Balaban J connectivity index is 1.64. The molecule has 142 valence electrons. The van der Waals surface area contributed by atoms with Crippen molar-refractivity contribution in [1.82, 2.24) is 20.2 Å². The maximum Gasteiger partial charge on any atom is 0.234 e. The van der Waals surface area contributed by atoms with Crippen molar-refractivity contribution in [2.45, 2.75) is 32.9 Å². The Kier molecular flexibility index (Phi) is 6.71. The Hall–Kier alpha value is -2.09. The van der Waals surface area contributed by atoms with Gasteiger partial charge in [-0.05, 0) is 54.9 Å². The first-order chi connectivity index (χ1) is 13.0. The molecule has 0 saturated heterocycles. The van der Waals surface area contributed by atoms with Gasteiger partial charge >= 0.3 is 0 Å². The highest BCUT2D eigenvalue weighted by Gasteiger charge is 2.20. The summed E-state index contributed by atoms with van der Waals surface area (Å²) in [5.41, 5.74) is 3.35. The van der Waals surface area contributed by atoms with Crippen LogP contribution in [0.25, 0.3) is 0 Å². The lowest BCUT2D eigenvalue weighted by molar-refractivity contribution is -0.122. The SMILES string of the molecule is Cc1nc([C@@H](Cc2ccsc2)NC(=O)CN(C)Cc2cccnc2)sc1C. The van der Waals surface area contributed by atoms with E-state index in [1.54, 1.807) is 28.9 Å². The fourth-order valence-corrected chi connectivity index (χ4v) is 4.49. The van der Waals surface area contributed by atoms with E-state index < -0.39 is 0 Å². The van der Waals surface area contributed by atoms with Gasteiger partial charge < -0.3 is 5.32 Å². The van der Waals surface area contributed by atoms with E-state index in [2.05, 4.69) is 39.0 Å². The molecular formula is C20H24N4OS2. The summed E-state index contributed by atoms with van der Waals surface area (Å²) in [4.78, 5) is 24.6. The Morgan fingerprint density at radius 2 is 2.15 bits per heavy atom. The number of aromatic nitrogens is 2. The number of carbonyl (C=O) groups is 1. The number of rotatable bonds is 8. The molecule has 0 bridgehead atoms. The quantitative estimate of drug-likeness (QED) is 0.626. The van der Waals surface area contributed by atoms with Gasteiger partial charge in [-0.1, -0.05) is 6.07 Å². The molecule has 1 atom stereocenters. The van der Waals surface area contributed by atoms with Gasteiger partial charge in [0.05, 0.1) is 18.3 Å². The van der Waals surface area contributed by atoms with Crippen molar-refractivity contribution in [1.29, 1.82) is 0 Å². The molecule has 3 aromatic heterocycles. The number of hydrogen-bond donors (Lipinski definition) is 1. The molecule has 0 saturated carbocycles. The van der Waals surface area contributed by atoms with E-state index in [1.165, 1.54) is 10.4 Å². The van der Waals surface area contributed by atoms with E-state index in [4.69, 9.17) is 0 Å². The highest BCUT2D eigenvalue weighted by atomic mass is 32.1. The zero-order chi connectivity index (χ0) is 19.2. The highest BCUT2D eigenvalue weighted by molar-refractivity contribution is 7.11. The van der Waals surface area contributed by atoms with E-state index in [-0.39, 0.29) is 11.9 Å². The molecule has 3 rings (SSSR count). The van der Waals surface area contributed by atoms with Crippen LogP contribution in [-0.4, -0.2) is 34.4 Å². The second-order valence-electron chi connectivity index (χ2n) is 6.68. The van der Waals surface area contributed by atoms with Crippen LogP contribution in [0.5, 0.6) is 0 Å². The molecule has 27 heavy (non-hydrogen) atoms. The second-order valence-corrected chi connectivity index (χ2v) is 8.70. The number of pyridine rings is 1. The average Bonchev–Trinajstić information content (AvgIpc) is 3.25. The molecule has 0 radical (unpaired) electrons. The molecule has 0 aliphatic heterocycles. The van der Waals surface area contributed by atoms with Crippen molar-refractivity contribution >= 4 is 28.6 Å². The summed E-state index contributed by atoms with van der Waals surface area (Å²) >= 11 is 3.34. The van der Waals surface area contributed by atoms with Gasteiger partial charge in [-0.15, -0.1) is 11.3 Å². The number of likely N-dealkylation sites (N-methyl/N-ethyl adjacent to an activating group) is 1. The first-order valence-corrected chi connectivity index (χ1v) is 10.6. The summed E-state index contributed by atoms with van der Waals surface area (Å²) in [6.45, 7) is 5.10. The molecule has 0 spiro atoms. The monoisotopic (exact) mass is 400 g/mol. The Labute approximate surface area is 168 Å². The van der Waals surface area contributed by atoms with Crippen LogP contribution >= 0.6 is 22.7 Å². The molecule has 7 heteroatoms. The van der Waals surface area contributed by atoms with Crippen molar-refractivity contribution in [2.75, 3.05) is 13.6 Å². The van der Waals surface area contributed by atoms with Crippen molar-refractivity contribution < 1.29 is 4.79 Å². The van der Waals surface area contributed by atoms with E-state index in [0.717, 1.165) is 22.7 Å². The van der Waals surface area contributed by atoms with Crippen LogP contribution in [0.3, 0.4) is 0 Å². The topological polar surface area (TPSA) is 58.1 Å². The number of hydrogen-bond acceptors (Lipinski definition) is 6. The van der Waals surface area contributed by atoms with Gasteiger partial charge in [-0.2, -0.15) is 11.3 Å². The van der Waals surface area contributed by atoms with Crippen LogP contribution in [0, 0.1) is 13.8 Å². The van der Waals surface area contributed by atoms with Gasteiger partial charge in [0, 0.05) is 30.2 Å². The first kappa shape index (κ1) is 19.7. The number of carbonyl (C=O) groups excluding carboxylic acids is 1. The van der Waals surface area contributed by atoms with Crippen LogP contribution in [0.4, 0.5) is 0 Å². The smallest absolute Gasteiger partial charge is 0.234 e. The van der Waals surface area contributed by atoms with Crippen molar-refractivity contribution in [3.63, 3.8) is 0 Å². The maximum atomic E-state index is 12.7. The summed E-state index contributed by atoms with van der Waals surface area (Å²) in [6.07, 6.45) is 4.34. The normalized spacial score (nSPS) is 12.3. The highest BCUT2D eigenvalue weighted by Crippen LogP contribution is 2.26. The zero-order valence-electron chi connectivity index (χ0n) is 15.8. The van der Waals surface area contributed by atoms with E-state index in [1.807, 2.05) is 37.2 Å². The Morgan fingerprint density at radius 3 is 2.78 bits per heavy atom. The van der Waals surface area contributed by atoms with Crippen LogP contribution in [0.15, 0.2) is 41.4 Å². The third-order valence-electron chi connectivity index (χ3n) is 4.29. The predicted molar refractivity (Wildman–Crippen MR) is 111 cm³/mol. The largest absolute Gasteiger partial charge is 0.345 e. The number of nitrogens with zero attached hydrogens (tertiary/aromatic N) is 3. The minimum absolute atomic E-state index is 0.00660. The summed E-state index contributed by atoms with van der Waals surface area (Å²) in [5.74, 6) is 0.00660. The van der Waals surface area contributed by atoms with Gasteiger partial charge in [0.15, 0.2) is 0 Å². The van der Waals surface area contributed by atoms with Gasteiger partial charge in [-0.3, -0.25) is 14.7 Å². The van der Waals surface area contributed by atoms with Crippen molar-refractivity contribution in [3.8, 4) is 0 Å². The average molecular weight is 401 g/mol. The summed E-state index contributed by atoms with van der Waals surface area (Å²) in [7, 11) is 1.94. The minimum Gasteiger partial charge on any atom is -0.345 e. The number of thiophene rings is 1. The van der Waals surface area contributed by atoms with Crippen LogP contribution in [-0.2, 0) is 17.8 Å². The molecule has 0 aliphatic rings. The molecule has 0 aliphatic carbocycles. The lowest BCUT2D eigenvalue weighted by Crippen LogP contribution is -2.37. The molecule has 0 unspecified atom stereocenters. The summed E-state index contributed by atoms with van der Waals surface area (Å²) in [6, 6.07) is 5.93. The summed E-state index contributed by atoms with van der Waals surface area (Å²) in [5, 5.41) is 8.35. The van der Waals surface area contributed by atoms with Gasteiger partial charge in [0.2, 0.25) is 5.91 Å². The number of amides is 1. The molecule has 3 heterocycles. The lowest BCUT2D eigenvalue weighted by Gasteiger charge is -2.20. The molecule has 0 aromatic carbocycles. The van der Waals surface area contributed by atoms with E-state index >= 15 is 0 Å². The van der Waals surface area contributed by atoms with Crippen LogP contribution in [0.2, 0.25) is 0 Å².